The molecular formula is C34H29F4N7O. The van der Waals surface area contributed by atoms with Crippen molar-refractivity contribution >= 4 is 39.3 Å². The molecule has 1 saturated heterocycles. The van der Waals surface area contributed by atoms with Gasteiger partial charge in [0.25, 0.3) is 5.91 Å². The predicted octanol–water partition coefficient (Wildman–Crippen LogP) is 6.37. The summed E-state index contributed by atoms with van der Waals surface area (Å²) in [6.45, 7) is 3.80. The number of benzene rings is 4. The molecule has 6 aromatic rings. The number of para-hydroxylation sites is 1. The van der Waals surface area contributed by atoms with E-state index in [1.807, 2.05) is 18.2 Å². The molecule has 1 amide bonds. The van der Waals surface area contributed by atoms with Crippen LogP contribution in [0.3, 0.4) is 0 Å². The van der Waals surface area contributed by atoms with E-state index in [1.54, 1.807) is 53.8 Å². The molecule has 1 aliphatic rings. The van der Waals surface area contributed by atoms with Gasteiger partial charge in [0.2, 0.25) is 0 Å². The van der Waals surface area contributed by atoms with E-state index >= 15 is 0 Å². The molecule has 0 spiro atoms. The number of amides is 1. The zero-order valence-electron chi connectivity index (χ0n) is 25.0. The number of fused-ring (bicyclic) bond motifs is 2. The third-order valence-corrected chi connectivity index (χ3v) is 8.71. The summed E-state index contributed by atoms with van der Waals surface area (Å²) in [6, 6.07) is 17.8. The van der Waals surface area contributed by atoms with Gasteiger partial charge in [0.05, 0.1) is 17.0 Å². The van der Waals surface area contributed by atoms with Gasteiger partial charge in [-0.05, 0) is 49.4 Å². The molecule has 4 aromatic carbocycles. The summed E-state index contributed by atoms with van der Waals surface area (Å²) in [5.41, 5.74) is 10.3. The van der Waals surface area contributed by atoms with Gasteiger partial charge in [-0.3, -0.25) is 4.79 Å². The Morgan fingerprint density at radius 3 is 2.41 bits per heavy atom. The van der Waals surface area contributed by atoms with Gasteiger partial charge in [0.15, 0.2) is 17.5 Å². The van der Waals surface area contributed by atoms with Crippen LogP contribution < -0.4 is 10.6 Å². The molecule has 8 nitrogen and oxygen atoms in total. The molecule has 0 radical (unpaired) electrons. The standard InChI is InChI=1S/C34H29F4N7O/c1-18(32-41-30-24(37)17-23(36)29(38)31(30)42-32)33-40-26-9-7-19(15-28(26)43(33)2)34(46)45-13-11-44(12-14-45)27-10-8-20(35)16-22(27)21-5-3-4-6-25(21)39/h3-10,15-18H,11-14,39H2,1-2H3,(H,41,42). The van der Waals surface area contributed by atoms with Crippen LogP contribution in [0, 0.1) is 23.3 Å². The third-order valence-electron chi connectivity index (χ3n) is 8.71. The van der Waals surface area contributed by atoms with Gasteiger partial charge >= 0.3 is 0 Å². The second kappa shape index (κ2) is 11.2. The van der Waals surface area contributed by atoms with Crippen molar-refractivity contribution < 1.29 is 22.4 Å². The third kappa shape index (κ3) is 4.90. The van der Waals surface area contributed by atoms with Crippen molar-refractivity contribution in [3.05, 3.63) is 107 Å². The highest BCUT2D eigenvalue weighted by atomic mass is 19.2. The van der Waals surface area contributed by atoms with Gasteiger partial charge in [-0.1, -0.05) is 18.2 Å². The monoisotopic (exact) mass is 627 g/mol. The number of nitrogens with two attached hydrogens (primary N) is 1. The molecular weight excluding hydrogens is 598 g/mol. The number of nitrogens with zero attached hydrogens (tertiary/aromatic N) is 5. The zero-order chi connectivity index (χ0) is 32.3. The first-order valence-electron chi connectivity index (χ1n) is 14.8. The highest BCUT2D eigenvalue weighted by Gasteiger charge is 2.27. The number of anilines is 2. The lowest BCUT2D eigenvalue weighted by Crippen LogP contribution is -2.49. The largest absolute Gasteiger partial charge is 0.398 e. The summed E-state index contributed by atoms with van der Waals surface area (Å²) in [5.74, 6) is -3.70. The molecule has 1 unspecified atom stereocenters. The fraction of sp³-hybridized carbons (Fsp3) is 0.206. The van der Waals surface area contributed by atoms with Crippen molar-refractivity contribution in [2.45, 2.75) is 12.8 Å². The summed E-state index contributed by atoms with van der Waals surface area (Å²) in [4.78, 5) is 29.1. The Morgan fingerprint density at radius 1 is 0.891 bits per heavy atom. The molecule has 12 heteroatoms. The molecule has 7 rings (SSSR count). The summed E-state index contributed by atoms with van der Waals surface area (Å²) in [6.07, 6.45) is 0. The highest BCUT2D eigenvalue weighted by Crippen LogP contribution is 2.36. The van der Waals surface area contributed by atoms with Crippen LogP contribution in [0.2, 0.25) is 0 Å². The van der Waals surface area contributed by atoms with E-state index in [-0.39, 0.29) is 28.6 Å². The van der Waals surface area contributed by atoms with Crippen LogP contribution in [0.25, 0.3) is 33.2 Å². The molecule has 0 bridgehead atoms. The van der Waals surface area contributed by atoms with Gasteiger partial charge in [-0.25, -0.2) is 27.5 Å². The van der Waals surface area contributed by atoms with Crippen LogP contribution in [-0.2, 0) is 7.05 Å². The molecule has 3 heterocycles. The summed E-state index contributed by atoms with van der Waals surface area (Å²) in [7, 11) is 1.79. The van der Waals surface area contributed by atoms with Crippen LogP contribution in [0.4, 0.5) is 28.9 Å². The van der Waals surface area contributed by atoms with Gasteiger partial charge in [0, 0.05) is 67.4 Å². The Labute approximate surface area is 261 Å². The van der Waals surface area contributed by atoms with E-state index < -0.39 is 23.4 Å². The molecule has 1 aliphatic heterocycles. The number of H-pyrrole nitrogens is 1. The minimum absolute atomic E-state index is 0.130. The number of nitrogen functional groups attached to an aromatic ring is 1. The van der Waals surface area contributed by atoms with Crippen molar-refractivity contribution in [2.75, 3.05) is 36.8 Å². The Kier molecular flexibility index (Phi) is 7.14. The van der Waals surface area contributed by atoms with Crippen molar-refractivity contribution in [3.8, 4) is 11.1 Å². The van der Waals surface area contributed by atoms with Gasteiger partial charge in [-0.15, -0.1) is 0 Å². The second-order valence-electron chi connectivity index (χ2n) is 11.5. The Bertz CT molecular complexity index is 2150. The lowest BCUT2D eigenvalue weighted by molar-refractivity contribution is 0.0747. The number of hydrogen-bond donors (Lipinski definition) is 2. The van der Waals surface area contributed by atoms with Crippen LogP contribution in [-0.4, -0.2) is 56.5 Å². The number of hydrogen-bond acceptors (Lipinski definition) is 5. The number of aryl methyl sites for hydroxylation is 1. The maximum atomic E-state index is 14.3. The minimum atomic E-state index is -1.30. The van der Waals surface area contributed by atoms with Crippen molar-refractivity contribution in [1.82, 2.24) is 24.4 Å². The van der Waals surface area contributed by atoms with Gasteiger partial charge in [0.1, 0.15) is 28.5 Å². The fourth-order valence-corrected chi connectivity index (χ4v) is 6.22. The fourth-order valence-electron chi connectivity index (χ4n) is 6.22. The topological polar surface area (TPSA) is 96.1 Å². The van der Waals surface area contributed by atoms with Gasteiger partial charge < -0.3 is 25.1 Å². The molecule has 1 atom stereocenters. The van der Waals surface area contributed by atoms with Crippen molar-refractivity contribution in [2.24, 2.45) is 7.05 Å². The number of aromatic nitrogens is 4. The Balaban J connectivity index is 1.11. The summed E-state index contributed by atoms with van der Waals surface area (Å²) in [5, 5.41) is 0. The van der Waals surface area contributed by atoms with Crippen molar-refractivity contribution in [1.29, 1.82) is 0 Å². The van der Waals surface area contributed by atoms with Crippen LogP contribution >= 0.6 is 0 Å². The SMILES string of the molecule is CC(c1nc2c(F)cc(F)c(F)c2[nH]1)c1nc2ccc(C(=O)N3CCN(c4ccc(F)cc4-c4ccccc4N)CC3)cc2n1C. The number of halogens is 4. The predicted molar refractivity (Wildman–Crippen MR) is 169 cm³/mol. The van der Waals surface area contributed by atoms with E-state index in [9.17, 15) is 22.4 Å². The van der Waals surface area contributed by atoms with E-state index in [0.29, 0.717) is 65.9 Å². The Hall–Kier alpha value is -5.39. The smallest absolute Gasteiger partial charge is 0.254 e. The second-order valence-corrected chi connectivity index (χ2v) is 11.5. The maximum Gasteiger partial charge on any atom is 0.254 e. The number of aromatic amines is 1. The Morgan fingerprint density at radius 2 is 1.65 bits per heavy atom. The molecule has 46 heavy (non-hydrogen) atoms. The highest BCUT2D eigenvalue weighted by molar-refractivity contribution is 5.98. The molecule has 0 aliphatic carbocycles. The van der Waals surface area contributed by atoms with E-state index in [4.69, 9.17) is 10.7 Å². The normalized spacial score (nSPS) is 14.4. The first kappa shape index (κ1) is 29.3. The van der Waals surface area contributed by atoms with Gasteiger partial charge in [-0.2, -0.15) is 0 Å². The van der Waals surface area contributed by atoms with E-state index in [1.165, 1.54) is 12.1 Å². The molecule has 234 valence electrons. The minimum Gasteiger partial charge on any atom is -0.398 e. The zero-order valence-corrected chi connectivity index (χ0v) is 25.0. The first-order valence-corrected chi connectivity index (χ1v) is 14.8. The van der Waals surface area contributed by atoms with E-state index in [0.717, 1.165) is 11.3 Å². The lowest BCUT2D eigenvalue weighted by Gasteiger charge is -2.37. The number of imidazole rings is 2. The quantitative estimate of drug-likeness (QED) is 0.132. The maximum absolute atomic E-state index is 14.3. The molecule has 2 aromatic heterocycles. The molecule has 1 fully saturated rings. The number of piperazine rings is 1. The van der Waals surface area contributed by atoms with Crippen molar-refractivity contribution in [3.63, 3.8) is 0 Å². The average molecular weight is 628 g/mol. The number of rotatable bonds is 5. The number of nitrogens with one attached hydrogen (secondary N) is 1. The molecule has 0 saturated carbocycles. The lowest BCUT2D eigenvalue weighted by atomic mass is 10.0. The number of carbonyl (C=O) groups is 1. The van der Waals surface area contributed by atoms with Crippen LogP contribution in [0.1, 0.15) is 34.8 Å². The summed E-state index contributed by atoms with van der Waals surface area (Å²) >= 11 is 0. The van der Waals surface area contributed by atoms with E-state index in [2.05, 4.69) is 14.9 Å². The van der Waals surface area contributed by atoms with Crippen LogP contribution in [0.5, 0.6) is 0 Å². The number of carbonyl (C=O) groups excluding carboxylic acids is 1. The van der Waals surface area contributed by atoms with Crippen LogP contribution in [0.15, 0.2) is 66.7 Å². The first-order chi connectivity index (χ1) is 22.1. The average Bonchev–Trinajstić information content (AvgIpc) is 3.66. The summed E-state index contributed by atoms with van der Waals surface area (Å²) < 4.78 is 58.4. The molecule has 3 N–H and O–H groups in total.